The average Bonchev–Trinajstić information content (AvgIpc) is 3.65. The van der Waals surface area contributed by atoms with Crippen LogP contribution in [0.1, 0.15) is 51.0 Å². The zero-order valence-corrected chi connectivity index (χ0v) is 25.3. The summed E-state index contributed by atoms with van der Waals surface area (Å²) in [5.41, 5.74) is 11.4. The van der Waals surface area contributed by atoms with Gasteiger partial charge in [0.2, 0.25) is 11.8 Å². The molecule has 1 aromatic rings. The van der Waals surface area contributed by atoms with Crippen molar-refractivity contribution in [3.63, 3.8) is 0 Å². The van der Waals surface area contributed by atoms with E-state index in [9.17, 15) is 24.3 Å². The largest absolute Gasteiger partial charge is 0.480 e. The van der Waals surface area contributed by atoms with Gasteiger partial charge in [-0.15, -0.1) is 0 Å². The van der Waals surface area contributed by atoms with Crippen LogP contribution < -0.4 is 22.1 Å². The summed E-state index contributed by atoms with van der Waals surface area (Å²) in [6.07, 6.45) is 3.41. The molecule has 0 aromatic heterocycles. The SMILES string of the molecule is C[C@H](NC(=S)SCc1ccccc1)C(=O)N1CCC[C@H]1C(=O)N1CCC[C@H]1C(=O)O.N=C(N)NCCC[C@H](N)C(=O)O. The molecule has 9 N–H and O–H groups in total. The quantitative estimate of drug-likeness (QED) is 0.0793. The Balaban J connectivity index is 0.000000435. The van der Waals surface area contributed by atoms with Crippen LogP contribution in [-0.2, 0) is 24.9 Å². The second-order valence-corrected chi connectivity index (χ2v) is 11.7. The summed E-state index contributed by atoms with van der Waals surface area (Å²) in [6, 6.07) is 7.19. The topological polar surface area (TPSA) is 215 Å². The average molecular weight is 624 g/mol. The molecule has 2 amide bonds. The monoisotopic (exact) mass is 623 g/mol. The number of thioether (sulfide) groups is 1. The number of carbonyl (C=O) groups is 4. The number of carboxylic acids is 2. The Kier molecular flexibility index (Phi) is 14.5. The van der Waals surface area contributed by atoms with Crippen LogP contribution in [0.3, 0.4) is 0 Å². The maximum atomic E-state index is 13.0. The first-order valence-electron chi connectivity index (χ1n) is 13.8. The van der Waals surface area contributed by atoms with E-state index in [4.69, 9.17) is 34.2 Å². The number of rotatable bonds is 11. The molecular formula is C27H41N7O6S2. The Morgan fingerprint density at radius 2 is 1.71 bits per heavy atom. The summed E-state index contributed by atoms with van der Waals surface area (Å²) in [6.45, 7) is 3.16. The van der Waals surface area contributed by atoms with E-state index >= 15 is 0 Å². The van der Waals surface area contributed by atoms with Crippen molar-refractivity contribution in [3.8, 4) is 0 Å². The minimum Gasteiger partial charge on any atom is -0.480 e. The normalized spacial score (nSPS) is 19.2. The number of hydrogen-bond donors (Lipinski definition) is 7. The smallest absolute Gasteiger partial charge is 0.326 e. The molecule has 13 nitrogen and oxygen atoms in total. The lowest BCUT2D eigenvalue weighted by molar-refractivity contribution is -0.152. The molecule has 42 heavy (non-hydrogen) atoms. The highest BCUT2D eigenvalue weighted by Crippen LogP contribution is 2.25. The van der Waals surface area contributed by atoms with E-state index in [-0.39, 0.29) is 17.8 Å². The predicted molar refractivity (Wildman–Crippen MR) is 165 cm³/mol. The number of guanidine groups is 1. The van der Waals surface area contributed by atoms with Gasteiger partial charge in [0.15, 0.2) is 5.96 Å². The Hall–Kier alpha value is -3.43. The Morgan fingerprint density at radius 1 is 1.10 bits per heavy atom. The van der Waals surface area contributed by atoms with Crippen LogP contribution in [0.15, 0.2) is 30.3 Å². The summed E-state index contributed by atoms with van der Waals surface area (Å²) in [4.78, 5) is 50.7. The van der Waals surface area contributed by atoms with E-state index in [0.29, 0.717) is 61.8 Å². The molecule has 15 heteroatoms. The second-order valence-electron chi connectivity index (χ2n) is 10.1. The van der Waals surface area contributed by atoms with Gasteiger partial charge in [-0.2, -0.15) is 0 Å². The van der Waals surface area contributed by atoms with E-state index in [1.807, 2.05) is 30.3 Å². The van der Waals surface area contributed by atoms with Crippen LogP contribution in [-0.4, -0.2) is 97.8 Å². The molecule has 1 aromatic carbocycles. The summed E-state index contributed by atoms with van der Waals surface area (Å²) < 4.78 is 0.535. The Labute approximate surface area is 255 Å². The Morgan fingerprint density at radius 3 is 2.31 bits per heavy atom. The van der Waals surface area contributed by atoms with Gasteiger partial charge in [-0.05, 0) is 51.0 Å². The molecule has 232 valence electrons. The molecule has 3 rings (SSSR count). The van der Waals surface area contributed by atoms with Crippen molar-refractivity contribution in [2.24, 2.45) is 11.5 Å². The number of nitrogens with two attached hydrogens (primary N) is 2. The molecule has 2 aliphatic rings. The van der Waals surface area contributed by atoms with Crippen molar-refractivity contribution in [2.75, 3.05) is 19.6 Å². The summed E-state index contributed by atoms with van der Waals surface area (Å²) >= 11 is 6.83. The van der Waals surface area contributed by atoms with Crippen LogP contribution >= 0.6 is 24.0 Å². The fraction of sp³-hybridized carbons (Fsp3) is 0.556. The molecule has 0 aliphatic carbocycles. The maximum Gasteiger partial charge on any atom is 0.326 e. The lowest BCUT2D eigenvalue weighted by Crippen LogP contribution is -2.54. The Bertz CT molecular complexity index is 1110. The lowest BCUT2D eigenvalue weighted by Gasteiger charge is -2.31. The second kappa shape index (κ2) is 17.5. The maximum absolute atomic E-state index is 13.0. The van der Waals surface area contributed by atoms with Crippen molar-refractivity contribution in [1.82, 2.24) is 20.4 Å². The number of hydrogen-bond acceptors (Lipinski definition) is 8. The number of carboxylic acid groups (broad SMARTS) is 2. The van der Waals surface area contributed by atoms with Crippen molar-refractivity contribution >= 4 is 58.0 Å². The van der Waals surface area contributed by atoms with Crippen LogP contribution in [0, 0.1) is 5.41 Å². The van der Waals surface area contributed by atoms with Gasteiger partial charge in [-0.25, -0.2) is 4.79 Å². The zero-order valence-electron chi connectivity index (χ0n) is 23.7. The highest BCUT2D eigenvalue weighted by molar-refractivity contribution is 8.22. The van der Waals surface area contributed by atoms with E-state index in [1.54, 1.807) is 11.8 Å². The molecule has 0 radical (unpaired) electrons. The summed E-state index contributed by atoms with van der Waals surface area (Å²) in [5, 5.41) is 30.2. The van der Waals surface area contributed by atoms with Gasteiger partial charge in [0.25, 0.3) is 0 Å². The molecule has 0 unspecified atom stereocenters. The number of likely N-dealkylation sites (tertiary alicyclic amines) is 2. The van der Waals surface area contributed by atoms with E-state index in [2.05, 4.69) is 10.6 Å². The van der Waals surface area contributed by atoms with Crippen molar-refractivity contribution in [1.29, 1.82) is 5.41 Å². The molecule has 2 heterocycles. The zero-order chi connectivity index (χ0) is 31.2. The van der Waals surface area contributed by atoms with Gasteiger partial charge in [0.1, 0.15) is 28.5 Å². The third-order valence-electron chi connectivity index (χ3n) is 6.88. The van der Waals surface area contributed by atoms with Crippen molar-refractivity contribution in [2.45, 2.75) is 75.4 Å². The van der Waals surface area contributed by atoms with Crippen LogP contribution in [0.4, 0.5) is 0 Å². The third-order valence-corrected chi connectivity index (χ3v) is 8.21. The number of amides is 2. The third kappa shape index (κ3) is 11.1. The van der Waals surface area contributed by atoms with Gasteiger partial charge >= 0.3 is 11.9 Å². The lowest BCUT2D eigenvalue weighted by atomic mass is 10.1. The molecule has 2 fully saturated rings. The molecule has 0 saturated carbocycles. The summed E-state index contributed by atoms with van der Waals surface area (Å²) in [5.74, 6) is -1.81. The van der Waals surface area contributed by atoms with Crippen LogP contribution in [0.25, 0.3) is 0 Å². The highest BCUT2D eigenvalue weighted by atomic mass is 32.2. The number of thiocarbonyl (C=S) groups is 1. The van der Waals surface area contributed by atoms with Crippen LogP contribution in [0.2, 0.25) is 0 Å². The number of nitrogens with zero attached hydrogens (tertiary/aromatic N) is 2. The highest BCUT2D eigenvalue weighted by Gasteiger charge is 2.42. The van der Waals surface area contributed by atoms with Gasteiger partial charge in [0.05, 0.1) is 0 Å². The van der Waals surface area contributed by atoms with E-state index in [1.165, 1.54) is 16.7 Å². The van der Waals surface area contributed by atoms with Gasteiger partial charge in [0, 0.05) is 25.4 Å². The molecular weight excluding hydrogens is 582 g/mol. The molecule has 0 spiro atoms. The minimum atomic E-state index is -1.00. The van der Waals surface area contributed by atoms with Gasteiger partial charge in [-0.3, -0.25) is 19.8 Å². The fourth-order valence-electron chi connectivity index (χ4n) is 4.69. The number of benzene rings is 1. The molecule has 4 atom stereocenters. The van der Waals surface area contributed by atoms with Crippen molar-refractivity contribution in [3.05, 3.63) is 35.9 Å². The minimum absolute atomic E-state index is 0.112. The van der Waals surface area contributed by atoms with Crippen LogP contribution in [0.5, 0.6) is 0 Å². The summed E-state index contributed by atoms with van der Waals surface area (Å²) in [7, 11) is 0. The van der Waals surface area contributed by atoms with E-state index in [0.717, 1.165) is 12.0 Å². The van der Waals surface area contributed by atoms with Gasteiger partial charge in [-0.1, -0.05) is 54.3 Å². The first-order valence-corrected chi connectivity index (χ1v) is 15.2. The molecule has 2 saturated heterocycles. The number of aliphatic carboxylic acids is 2. The first-order chi connectivity index (χ1) is 19.9. The predicted octanol–water partition coefficient (Wildman–Crippen LogP) is 0.911. The fourth-order valence-corrected chi connectivity index (χ4v) is 5.79. The number of carbonyl (C=O) groups excluding carboxylic acids is 2. The van der Waals surface area contributed by atoms with Crippen molar-refractivity contribution < 1.29 is 29.4 Å². The standard InChI is InChI=1S/C21H27N3O4S2.C6H14N4O2/c1-14(22-21(29)30-13-15-7-3-2-4-8-15)18(25)23-11-5-9-16(23)19(26)24-12-6-10-17(24)20(27)28;7-4(5(11)12)2-1-3-10-6(8)9/h2-4,7-8,14,16-17H,5-6,9-13H2,1H3,(H,22,29)(H,27,28);4H,1-3,7H2,(H,11,12)(H4,8,9,10)/t14-,16-,17-;4-/m00/s1. The van der Waals surface area contributed by atoms with Gasteiger partial charge < -0.3 is 42.1 Å². The molecule has 0 bridgehead atoms. The molecule has 2 aliphatic heterocycles. The van der Waals surface area contributed by atoms with E-state index < -0.39 is 36.1 Å². The first kappa shape index (κ1) is 34.8. The number of nitrogens with one attached hydrogen (secondary N) is 3.